The predicted molar refractivity (Wildman–Crippen MR) is 77.4 cm³/mol. The van der Waals surface area contributed by atoms with Gasteiger partial charge in [-0.1, -0.05) is 6.92 Å². The zero-order valence-corrected chi connectivity index (χ0v) is 11.9. The molecule has 1 aromatic rings. The van der Waals surface area contributed by atoms with Crippen molar-refractivity contribution in [2.45, 2.75) is 20.3 Å². The van der Waals surface area contributed by atoms with Crippen LogP contribution in [-0.2, 0) is 4.74 Å². The lowest BCUT2D eigenvalue weighted by molar-refractivity contribution is 0.0600. The normalized spacial score (nSPS) is 11.6. The molecule has 108 valence electrons. The zero-order valence-electron chi connectivity index (χ0n) is 11.9. The predicted octanol–water partition coefficient (Wildman–Crippen LogP) is 2.99. The number of allylic oxidation sites excluding steroid dienone is 1. The third kappa shape index (κ3) is 3.91. The van der Waals surface area contributed by atoms with Crippen molar-refractivity contribution in [1.29, 1.82) is 5.41 Å². The second kappa shape index (κ2) is 7.43. The van der Waals surface area contributed by atoms with Gasteiger partial charge in [0, 0.05) is 24.0 Å². The number of rotatable bonds is 6. The van der Waals surface area contributed by atoms with Gasteiger partial charge in [-0.3, -0.25) is 0 Å². The monoisotopic (exact) mass is 278 g/mol. The van der Waals surface area contributed by atoms with Gasteiger partial charge in [0.1, 0.15) is 5.82 Å². The first-order valence-electron chi connectivity index (χ1n) is 6.38. The second-order valence-corrected chi connectivity index (χ2v) is 4.35. The summed E-state index contributed by atoms with van der Waals surface area (Å²) in [5, 5.41) is 10.5. The molecule has 0 radical (unpaired) electrons. The molecule has 0 unspecified atom stereocenters. The Morgan fingerprint density at radius 1 is 1.40 bits per heavy atom. The maximum absolute atomic E-state index is 13.7. The molecule has 0 amide bonds. The Labute approximate surface area is 118 Å². The molecule has 0 fully saturated rings. The van der Waals surface area contributed by atoms with Crippen LogP contribution in [0.3, 0.4) is 0 Å². The molecule has 2 N–H and O–H groups in total. The summed E-state index contributed by atoms with van der Waals surface area (Å²) < 4.78 is 18.3. The summed E-state index contributed by atoms with van der Waals surface area (Å²) in [6.07, 6.45) is 2.09. The highest BCUT2D eigenvalue weighted by atomic mass is 19.1. The van der Waals surface area contributed by atoms with E-state index >= 15 is 0 Å². The van der Waals surface area contributed by atoms with Crippen molar-refractivity contribution < 1.29 is 13.9 Å². The van der Waals surface area contributed by atoms with E-state index in [0.717, 1.165) is 12.5 Å². The van der Waals surface area contributed by atoms with Crippen LogP contribution in [0.4, 0.5) is 4.39 Å². The van der Waals surface area contributed by atoms with Crippen molar-refractivity contribution in [3.8, 4) is 0 Å². The third-order valence-corrected chi connectivity index (χ3v) is 2.77. The molecule has 1 aromatic carbocycles. The lowest BCUT2D eigenvalue weighted by atomic mass is 10.0. The summed E-state index contributed by atoms with van der Waals surface area (Å²) in [7, 11) is 1.25. The molecular formula is C15H19FN2O2. The summed E-state index contributed by atoms with van der Waals surface area (Å²) in [6, 6.07) is 4.02. The van der Waals surface area contributed by atoms with Crippen molar-refractivity contribution in [3.63, 3.8) is 0 Å². The molecule has 0 heterocycles. The van der Waals surface area contributed by atoms with Gasteiger partial charge in [0.05, 0.1) is 12.7 Å². The molecule has 0 spiro atoms. The number of nitrogens with one attached hydrogen (secondary N) is 2. The fraction of sp³-hybridized carbons (Fsp3) is 0.333. The fourth-order valence-corrected chi connectivity index (χ4v) is 1.76. The fourth-order valence-electron chi connectivity index (χ4n) is 1.76. The van der Waals surface area contributed by atoms with E-state index in [-0.39, 0.29) is 5.56 Å². The van der Waals surface area contributed by atoms with Gasteiger partial charge in [0.25, 0.3) is 0 Å². The number of ether oxygens (including phenoxy) is 1. The van der Waals surface area contributed by atoms with E-state index in [4.69, 9.17) is 5.41 Å². The van der Waals surface area contributed by atoms with E-state index in [1.54, 1.807) is 13.0 Å². The van der Waals surface area contributed by atoms with Crippen LogP contribution in [0.5, 0.6) is 0 Å². The van der Waals surface area contributed by atoms with Crippen LogP contribution in [0.15, 0.2) is 23.8 Å². The first kappa shape index (κ1) is 15.9. The molecule has 0 aliphatic carbocycles. The lowest BCUT2D eigenvalue weighted by Crippen LogP contribution is -2.16. The Kier molecular flexibility index (Phi) is 5.90. The van der Waals surface area contributed by atoms with Crippen LogP contribution >= 0.6 is 0 Å². The van der Waals surface area contributed by atoms with Crippen molar-refractivity contribution in [2.75, 3.05) is 13.7 Å². The minimum Gasteiger partial charge on any atom is -0.465 e. The van der Waals surface area contributed by atoms with E-state index in [2.05, 4.69) is 10.1 Å². The van der Waals surface area contributed by atoms with Gasteiger partial charge in [-0.05, 0) is 37.1 Å². The van der Waals surface area contributed by atoms with E-state index in [0.29, 0.717) is 23.4 Å². The molecule has 0 atom stereocenters. The van der Waals surface area contributed by atoms with Crippen LogP contribution in [0.1, 0.15) is 36.2 Å². The van der Waals surface area contributed by atoms with Gasteiger partial charge < -0.3 is 15.5 Å². The summed E-state index contributed by atoms with van der Waals surface area (Å²) in [5.74, 6) is -1.11. The minimum absolute atomic E-state index is 0.149. The minimum atomic E-state index is -0.590. The largest absolute Gasteiger partial charge is 0.465 e. The number of methoxy groups -OCH3 is 1. The summed E-state index contributed by atoms with van der Waals surface area (Å²) in [5.41, 5.74) is 1.99. The number of benzene rings is 1. The van der Waals surface area contributed by atoms with Crippen LogP contribution in [0, 0.1) is 11.2 Å². The Bertz CT molecular complexity index is 539. The van der Waals surface area contributed by atoms with Gasteiger partial charge >= 0.3 is 5.97 Å². The Hall–Kier alpha value is -2.17. The van der Waals surface area contributed by atoms with Crippen molar-refractivity contribution in [1.82, 2.24) is 5.32 Å². The van der Waals surface area contributed by atoms with Gasteiger partial charge in [0.15, 0.2) is 0 Å². The molecule has 0 bridgehead atoms. The molecule has 0 aliphatic rings. The van der Waals surface area contributed by atoms with Crippen LogP contribution in [-0.4, -0.2) is 25.8 Å². The first-order valence-corrected chi connectivity index (χ1v) is 6.38. The van der Waals surface area contributed by atoms with Crippen molar-refractivity contribution in [3.05, 3.63) is 40.7 Å². The average molecular weight is 278 g/mol. The van der Waals surface area contributed by atoms with Crippen LogP contribution in [0.2, 0.25) is 0 Å². The molecule has 0 saturated carbocycles. The van der Waals surface area contributed by atoms with E-state index < -0.39 is 11.8 Å². The second-order valence-electron chi connectivity index (χ2n) is 4.35. The van der Waals surface area contributed by atoms with E-state index in [1.165, 1.54) is 19.4 Å². The maximum atomic E-state index is 13.7. The molecule has 20 heavy (non-hydrogen) atoms. The van der Waals surface area contributed by atoms with Gasteiger partial charge in [-0.15, -0.1) is 0 Å². The summed E-state index contributed by atoms with van der Waals surface area (Å²) >= 11 is 0. The third-order valence-electron chi connectivity index (χ3n) is 2.77. The topological polar surface area (TPSA) is 62.2 Å². The first-order chi connectivity index (χ1) is 9.53. The lowest BCUT2D eigenvalue weighted by Gasteiger charge is -2.14. The Balaban J connectivity index is 3.30. The number of hydrogen-bond donors (Lipinski definition) is 2. The number of carbonyl (C=O) groups excluding carboxylic acids is 1. The molecule has 4 nitrogen and oxygen atoms in total. The molecule has 0 saturated heterocycles. The van der Waals surface area contributed by atoms with Crippen molar-refractivity contribution >= 4 is 17.9 Å². The van der Waals surface area contributed by atoms with Crippen LogP contribution < -0.4 is 5.32 Å². The van der Waals surface area contributed by atoms with E-state index in [1.807, 2.05) is 6.92 Å². The Morgan fingerprint density at radius 2 is 2.05 bits per heavy atom. The van der Waals surface area contributed by atoms with Crippen molar-refractivity contribution in [2.24, 2.45) is 0 Å². The summed E-state index contributed by atoms with van der Waals surface area (Å²) in [6.45, 7) is 4.47. The molecular weight excluding hydrogens is 259 g/mol. The van der Waals surface area contributed by atoms with Gasteiger partial charge in [-0.25, -0.2) is 9.18 Å². The number of halogens is 1. The molecule has 0 aromatic heterocycles. The van der Waals surface area contributed by atoms with Crippen LogP contribution in [0.25, 0.3) is 5.70 Å². The molecule has 5 heteroatoms. The van der Waals surface area contributed by atoms with Gasteiger partial charge in [0.2, 0.25) is 0 Å². The standard InChI is InChI=1S/C15H19FN2O2/c1-4-5-18-14(10(2)9-17)11-6-12(15(19)20-3)8-13(16)7-11/h6-9,17-18H,4-5H2,1-3H3/b14-10-,17-9?. The number of carbonyl (C=O) groups is 1. The highest BCUT2D eigenvalue weighted by Crippen LogP contribution is 2.19. The average Bonchev–Trinajstić information content (AvgIpc) is 2.45. The maximum Gasteiger partial charge on any atom is 0.337 e. The van der Waals surface area contributed by atoms with Gasteiger partial charge in [-0.2, -0.15) is 0 Å². The molecule has 1 rings (SSSR count). The van der Waals surface area contributed by atoms with E-state index in [9.17, 15) is 9.18 Å². The quantitative estimate of drug-likeness (QED) is 0.621. The highest BCUT2D eigenvalue weighted by molar-refractivity contribution is 5.92. The number of hydrogen-bond acceptors (Lipinski definition) is 4. The summed E-state index contributed by atoms with van der Waals surface area (Å²) in [4.78, 5) is 11.5. The smallest absolute Gasteiger partial charge is 0.337 e. The Morgan fingerprint density at radius 3 is 2.60 bits per heavy atom. The number of esters is 1. The SMILES string of the molecule is CCCN/C(=C(/C)C=N)c1cc(F)cc(C(=O)OC)c1. The molecule has 0 aliphatic heterocycles. The highest BCUT2D eigenvalue weighted by Gasteiger charge is 2.12. The zero-order chi connectivity index (χ0) is 15.1.